The predicted octanol–water partition coefficient (Wildman–Crippen LogP) is 6.17. The molecule has 1 fully saturated rings. The number of ether oxygens (including phenoxy) is 3. The fourth-order valence-corrected chi connectivity index (χ4v) is 7.75. The number of carbonyl (C=O) groups is 3. The van der Waals surface area contributed by atoms with Gasteiger partial charge in [0.25, 0.3) is 11.8 Å². The molecule has 274 valence electrons. The van der Waals surface area contributed by atoms with Crippen LogP contribution in [0.15, 0.2) is 66.3 Å². The Balaban J connectivity index is 1.26. The number of carbonyl (C=O) groups excluding carboxylic acids is 3. The van der Waals surface area contributed by atoms with Crippen LogP contribution in [0.4, 0.5) is 14.5 Å². The Morgan fingerprint density at radius 2 is 1.77 bits per heavy atom. The highest BCUT2D eigenvalue weighted by Gasteiger charge is 2.39. The van der Waals surface area contributed by atoms with Crippen LogP contribution in [0.2, 0.25) is 10.0 Å². The molecule has 18 heteroatoms. The van der Waals surface area contributed by atoms with Crippen molar-refractivity contribution in [3.05, 3.63) is 109 Å². The molecule has 12 nitrogen and oxygen atoms in total. The summed E-state index contributed by atoms with van der Waals surface area (Å²) in [6.07, 6.45) is 3.50. The van der Waals surface area contributed by atoms with E-state index in [1.165, 1.54) is 47.7 Å². The summed E-state index contributed by atoms with van der Waals surface area (Å²) in [5, 5.41) is 13.6. The van der Waals surface area contributed by atoms with Crippen LogP contribution >= 0.6 is 34.5 Å². The molecule has 1 aliphatic heterocycles. The number of alkyl halides is 2. The lowest BCUT2D eigenvalue weighted by Crippen LogP contribution is -2.36. The molecule has 2 aromatic carbocycles. The first-order chi connectivity index (χ1) is 24.7. The van der Waals surface area contributed by atoms with Gasteiger partial charge in [-0.3, -0.25) is 23.6 Å². The molecule has 0 spiro atoms. The number of anilines is 1. The predicted molar refractivity (Wildman–Crippen MR) is 186 cm³/mol. The lowest BCUT2D eigenvalue weighted by Gasteiger charge is -2.22. The van der Waals surface area contributed by atoms with Crippen LogP contribution in [0.1, 0.15) is 55.7 Å². The van der Waals surface area contributed by atoms with Gasteiger partial charge in [0.2, 0.25) is 10.0 Å². The third kappa shape index (κ3) is 8.57. The van der Waals surface area contributed by atoms with E-state index >= 15 is 0 Å². The zero-order chi connectivity index (χ0) is 37.3. The van der Waals surface area contributed by atoms with Gasteiger partial charge in [-0.2, -0.15) is 13.5 Å². The molecule has 1 unspecified atom stereocenters. The number of nitrogens with zero attached hydrogens (tertiary/aromatic N) is 3. The van der Waals surface area contributed by atoms with Gasteiger partial charge in [0.1, 0.15) is 22.7 Å². The number of halogens is 4. The van der Waals surface area contributed by atoms with Gasteiger partial charge in [-0.15, -0.1) is 11.3 Å². The number of esters is 1. The summed E-state index contributed by atoms with van der Waals surface area (Å²) in [5.41, 5.74) is 0.463. The quantitative estimate of drug-likeness (QED) is 0.0597. The standard InChI is InChI=1S/C34H29Cl2F2N3O9S2/c1-52(46,47)41(14-22-3-2-10-51-22)21-7-8-23-24(12-21)33(44)40(32(23)43)17-31(42)49-29(13-25-26(35)15-39(45)16-27(25)36)20-6-9-28(50-34(37)38)30(11-20)48-18-19-4-5-19/h2-3,6-12,15-16,19,29,34H,4-5,13-14,17-18H2,1H3. The number of pyridine rings is 1. The molecule has 1 saturated carbocycles. The van der Waals surface area contributed by atoms with Crippen LogP contribution in [0, 0.1) is 11.1 Å². The molecule has 3 heterocycles. The van der Waals surface area contributed by atoms with Crippen LogP contribution < -0.4 is 18.5 Å². The molecular weight excluding hydrogens is 767 g/mol. The number of rotatable bonds is 15. The molecule has 4 aromatic rings. The first-order valence-electron chi connectivity index (χ1n) is 15.7. The van der Waals surface area contributed by atoms with Gasteiger partial charge < -0.3 is 19.4 Å². The van der Waals surface area contributed by atoms with Crippen molar-refractivity contribution in [3.63, 3.8) is 0 Å². The van der Waals surface area contributed by atoms with E-state index < -0.39 is 47.1 Å². The van der Waals surface area contributed by atoms with Crippen molar-refractivity contribution in [2.45, 2.75) is 38.5 Å². The molecule has 2 aromatic heterocycles. The largest absolute Gasteiger partial charge is 0.619 e. The highest BCUT2D eigenvalue weighted by Crippen LogP contribution is 2.38. The number of sulfonamides is 1. The van der Waals surface area contributed by atoms with E-state index in [1.807, 2.05) is 0 Å². The summed E-state index contributed by atoms with van der Waals surface area (Å²) in [6.45, 7) is -3.74. The third-order valence-corrected chi connectivity index (χ3v) is 10.9. The number of thiophene rings is 1. The second kappa shape index (κ2) is 15.2. The number of hydrogen-bond donors (Lipinski definition) is 0. The summed E-state index contributed by atoms with van der Waals surface area (Å²) in [6, 6.07) is 11.5. The normalized spacial score (nSPS) is 14.8. The topological polar surface area (TPSA) is 146 Å². The number of aromatic nitrogens is 1. The Kier molecular flexibility index (Phi) is 10.9. The minimum atomic E-state index is -3.80. The summed E-state index contributed by atoms with van der Waals surface area (Å²) in [7, 11) is -3.80. The zero-order valence-corrected chi connectivity index (χ0v) is 30.3. The van der Waals surface area contributed by atoms with Crippen LogP contribution in [-0.4, -0.2) is 57.1 Å². The maximum Gasteiger partial charge on any atom is 0.387 e. The van der Waals surface area contributed by atoms with E-state index in [0.717, 1.165) is 40.7 Å². The number of benzene rings is 2. The SMILES string of the molecule is CS(=O)(=O)N(Cc1cccs1)c1ccc2c(c1)C(=O)N(CC(=O)OC(Cc1c(Cl)c[n+]([O-])cc1Cl)c1ccc(OC(F)F)c(OCC3CC3)c1)C2=O. The molecule has 52 heavy (non-hydrogen) atoms. The molecule has 2 aliphatic rings. The average molecular weight is 797 g/mol. The Hall–Kier alpha value is -4.51. The van der Waals surface area contributed by atoms with E-state index in [0.29, 0.717) is 9.63 Å². The van der Waals surface area contributed by atoms with Crippen molar-refractivity contribution >= 4 is 68.0 Å². The number of amides is 2. The van der Waals surface area contributed by atoms with Crippen molar-refractivity contribution in [2.24, 2.45) is 5.92 Å². The minimum absolute atomic E-state index is 0.00168. The molecule has 0 bridgehead atoms. The number of fused-ring (bicyclic) bond motifs is 1. The van der Waals surface area contributed by atoms with Gasteiger partial charge in [0, 0.05) is 16.9 Å². The van der Waals surface area contributed by atoms with Gasteiger partial charge in [-0.1, -0.05) is 35.3 Å². The van der Waals surface area contributed by atoms with E-state index in [-0.39, 0.29) is 75.0 Å². The summed E-state index contributed by atoms with van der Waals surface area (Å²) in [4.78, 5) is 41.8. The van der Waals surface area contributed by atoms with E-state index in [2.05, 4.69) is 4.74 Å². The Morgan fingerprint density at radius 1 is 1.06 bits per heavy atom. The van der Waals surface area contributed by atoms with Crippen molar-refractivity contribution in [1.29, 1.82) is 0 Å². The van der Waals surface area contributed by atoms with Gasteiger partial charge in [0.05, 0.1) is 36.2 Å². The van der Waals surface area contributed by atoms with Crippen LogP contribution in [0.5, 0.6) is 11.5 Å². The van der Waals surface area contributed by atoms with Gasteiger partial charge in [-0.25, -0.2) is 8.42 Å². The van der Waals surface area contributed by atoms with Gasteiger partial charge in [0.15, 0.2) is 23.9 Å². The van der Waals surface area contributed by atoms with Crippen LogP contribution in [-0.2, 0) is 32.5 Å². The maximum absolute atomic E-state index is 13.5. The van der Waals surface area contributed by atoms with Crippen molar-refractivity contribution in [1.82, 2.24) is 4.90 Å². The Morgan fingerprint density at radius 3 is 2.40 bits per heavy atom. The zero-order valence-electron chi connectivity index (χ0n) is 27.2. The average Bonchev–Trinajstić information content (AvgIpc) is 3.70. The second-order valence-electron chi connectivity index (χ2n) is 12.1. The van der Waals surface area contributed by atoms with Crippen molar-refractivity contribution < 1.29 is 50.5 Å². The molecule has 1 atom stereocenters. The number of hydrogen-bond acceptors (Lipinski definition) is 10. The van der Waals surface area contributed by atoms with E-state index in [9.17, 15) is 36.8 Å². The molecule has 0 N–H and O–H groups in total. The first kappa shape index (κ1) is 37.3. The number of imide groups is 1. The van der Waals surface area contributed by atoms with E-state index in [4.69, 9.17) is 32.7 Å². The lowest BCUT2D eigenvalue weighted by atomic mass is 10.0. The Labute approximate surface area is 310 Å². The molecule has 6 rings (SSSR count). The molecule has 0 saturated heterocycles. The van der Waals surface area contributed by atoms with Gasteiger partial charge in [-0.05, 0) is 66.1 Å². The van der Waals surface area contributed by atoms with Crippen molar-refractivity contribution in [2.75, 3.05) is 23.7 Å². The second-order valence-corrected chi connectivity index (χ2v) is 15.8. The fraction of sp³-hybridized carbons (Fsp3) is 0.294. The minimum Gasteiger partial charge on any atom is -0.619 e. The smallest absolute Gasteiger partial charge is 0.387 e. The van der Waals surface area contributed by atoms with Crippen LogP contribution in [0.3, 0.4) is 0 Å². The first-order valence-corrected chi connectivity index (χ1v) is 19.1. The molecule has 2 amide bonds. The van der Waals surface area contributed by atoms with E-state index in [1.54, 1.807) is 17.5 Å². The highest BCUT2D eigenvalue weighted by atomic mass is 35.5. The molecular formula is C34H29Cl2F2N3O9S2. The van der Waals surface area contributed by atoms with Gasteiger partial charge >= 0.3 is 12.6 Å². The Bertz CT molecular complexity index is 2110. The van der Waals surface area contributed by atoms with Crippen LogP contribution in [0.25, 0.3) is 0 Å². The summed E-state index contributed by atoms with van der Waals surface area (Å²) in [5.74, 6) is -2.72. The summed E-state index contributed by atoms with van der Waals surface area (Å²) >= 11 is 14.0. The molecule has 0 radical (unpaired) electrons. The van der Waals surface area contributed by atoms with Crippen molar-refractivity contribution in [3.8, 4) is 11.5 Å². The highest BCUT2D eigenvalue weighted by molar-refractivity contribution is 7.92. The molecule has 1 aliphatic carbocycles. The fourth-order valence-electron chi connectivity index (χ4n) is 5.51. The third-order valence-electron chi connectivity index (χ3n) is 8.26. The summed E-state index contributed by atoms with van der Waals surface area (Å²) < 4.78 is 69.5. The lowest BCUT2D eigenvalue weighted by molar-refractivity contribution is -0.605. The monoisotopic (exact) mass is 795 g/mol. The maximum atomic E-state index is 13.5.